The monoisotopic (exact) mass is 278 g/mol. The molecule has 2 N–H and O–H groups in total. The molecule has 5 nitrogen and oxygen atoms in total. The molecule has 19 heavy (non-hydrogen) atoms. The molecule has 0 aliphatic rings. The number of anilines is 1. The largest absolute Gasteiger partial charge is 0.478 e. The molecule has 0 bridgehead atoms. The Hall–Kier alpha value is -2.32. The lowest BCUT2D eigenvalue weighted by molar-refractivity contribution is -0.133. The van der Waals surface area contributed by atoms with Crippen LogP contribution in [-0.2, 0) is 9.59 Å². The zero-order valence-corrected chi connectivity index (χ0v) is 11.1. The maximum Gasteiger partial charge on any atom is 0.331 e. The minimum atomic E-state index is -1.15. The second kappa shape index (κ2) is 6.03. The van der Waals surface area contributed by atoms with Crippen LogP contribution in [0.2, 0.25) is 5.02 Å². The Labute approximate surface area is 115 Å². The molecule has 0 saturated heterocycles. The number of carbonyl (C=O) groups excluding carboxylic acids is 1. The average Bonchev–Trinajstić information content (AvgIpc) is 2.37. The van der Waals surface area contributed by atoms with E-state index >= 15 is 0 Å². The molecule has 0 aliphatic heterocycles. The average molecular weight is 279 g/mol. The van der Waals surface area contributed by atoms with Gasteiger partial charge in [0.05, 0.1) is 10.6 Å². The SMILES string of the molecule is CC(C(=O)O)=C(C)C(=O)Nc1ccc(C#N)c(Cl)c1. The highest BCUT2D eigenvalue weighted by Crippen LogP contribution is 2.20. The minimum absolute atomic E-state index is 0.0303. The van der Waals surface area contributed by atoms with Crippen molar-refractivity contribution in [1.82, 2.24) is 0 Å². The standard InChI is InChI=1S/C13H11ClN2O3/c1-7(8(2)13(18)19)12(17)16-10-4-3-9(6-15)11(14)5-10/h3-5H,1-2H3,(H,16,17)(H,18,19). The molecule has 1 aromatic carbocycles. The third-order valence-corrected chi connectivity index (χ3v) is 2.88. The molecule has 98 valence electrons. The molecule has 1 amide bonds. The van der Waals surface area contributed by atoms with Crippen LogP contribution < -0.4 is 5.32 Å². The summed E-state index contributed by atoms with van der Waals surface area (Å²) in [4.78, 5) is 22.5. The Morgan fingerprint density at radius 1 is 1.32 bits per heavy atom. The highest BCUT2D eigenvalue weighted by Gasteiger charge is 2.13. The smallest absolute Gasteiger partial charge is 0.331 e. The van der Waals surface area contributed by atoms with E-state index in [1.807, 2.05) is 6.07 Å². The number of benzene rings is 1. The van der Waals surface area contributed by atoms with Crippen molar-refractivity contribution >= 4 is 29.2 Å². The van der Waals surface area contributed by atoms with Crippen molar-refractivity contribution in [2.24, 2.45) is 0 Å². The summed E-state index contributed by atoms with van der Waals surface area (Å²) in [5.41, 5.74) is 0.769. The van der Waals surface area contributed by atoms with Crippen LogP contribution in [0.3, 0.4) is 0 Å². The fourth-order valence-corrected chi connectivity index (χ4v) is 1.46. The predicted octanol–water partition coefficient (Wildman–Crippen LogP) is 2.57. The van der Waals surface area contributed by atoms with E-state index in [-0.39, 0.29) is 16.2 Å². The topological polar surface area (TPSA) is 90.2 Å². The van der Waals surface area contributed by atoms with Crippen molar-refractivity contribution < 1.29 is 14.7 Å². The van der Waals surface area contributed by atoms with Gasteiger partial charge in [0.1, 0.15) is 6.07 Å². The molecule has 0 heterocycles. The first kappa shape index (κ1) is 14.7. The number of aliphatic carboxylic acids is 1. The van der Waals surface area contributed by atoms with Gasteiger partial charge in [-0.1, -0.05) is 11.6 Å². The van der Waals surface area contributed by atoms with Crippen molar-refractivity contribution in [3.63, 3.8) is 0 Å². The van der Waals surface area contributed by atoms with Crippen LogP contribution in [0.5, 0.6) is 0 Å². The van der Waals surface area contributed by atoms with E-state index in [1.165, 1.54) is 32.0 Å². The van der Waals surface area contributed by atoms with Crippen LogP contribution >= 0.6 is 11.6 Å². The van der Waals surface area contributed by atoms with Gasteiger partial charge in [-0.25, -0.2) is 4.79 Å². The zero-order valence-electron chi connectivity index (χ0n) is 10.3. The van der Waals surface area contributed by atoms with E-state index in [9.17, 15) is 9.59 Å². The molecule has 0 spiro atoms. The van der Waals surface area contributed by atoms with Gasteiger partial charge in [0.15, 0.2) is 0 Å². The number of rotatable bonds is 3. The summed E-state index contributed by atoms with van der Waals surface area (Å²) >= 11 is 5.83. The van der Waals surface area contributed by atoms with Gasteiger partial charge in [0.2, 0.25) is 0 Å². The number of nitrogens with one attached hydrogen (secondary N) is 1. The first-order valence-corrected chi connectivity index (χ1v) is 5.66. The van der Waals surface area contributed by atoms with Gasteiger partial charge in [0, 0.05) is 16.8 Å². The van der Waals surface area contributed by atoms with E-state index in [4.69, 9.17) is 22.0 Å². The first-order valence-electron chi connectivity index (χ1n) is 5.28. The van der Waals surface area contributed by atoms with Crippen molar-refractivity contribution in [3.8, 4) is 6.07 Å². The normalized spacial score (nSPS) is 11.3. The van der Waals surface area contributed by atoms with Crippen LogP contribution in [0.15, 0.2) is 29.3 Å². The van der Waals surface area contributed by atoms with E-state index in [0.717, 1.165) is 0 Å². The van der Waals surface area contributed by atoms with Gasteiger partial charge < -0.3 is 10.4 Å². The fraction of sp³-hybridized carbons (Fsp3) is 0.154. The quantitative estimate of drug-likeness (QED) is 0.832. The molecular formula is C13H11ClN2O3. The number of carbonyl (C=O) groups is 2. The summed E-state index contributed by atoms with van der Waals surface area (Å²) < 4.78 is 0. The van der Waals surface area contributed by atoms with Gasteiger partial charge in [-0.05, 0) is 32.0 Å². The molecule has 0 saturated carbocycles. The molecule has 0 aromatic heterocycles. The zero-order chi connectivity index (χ0) is 14.6. The number of nitriles is 1. The molecule has 1 aromatic rings. The third kappa shape index (κ3) is 3.57. The van der Waals surface area contributed by atoms with Crippen molar-refractivity contribution in [3.05, 3.63) is 39.9 Å². The van der Waals surface area contributed by atoms with Gasteiger partial charge in [-0.15, -0.1) is 0 Å². The van der Waals surface area contributed by atoms with Crippen LogP contribution in [0.25, 0.3) is 0 Å². The summed E-state index contributed by atoms with van der Waals surface area (Å²) in [6, 6.07) is 6.32. The Morgan fingerprint density at radius 3 is 2.42 bits per heavy atom. The number of halogens is 1. The minimum Gasteiger partial charge on any atom is -0.478 e. The number of carboxylic acids is 1. The second-order valence-corrected chi connectivity index (χ2v) is 4.22. The summed E-state index contributed by atoms with van der Waals surface area (Å²) in [6.07, 6.45) is 0. The molecule has 6 heteroatoms. The maximum atomic E-state index is 11.8. The number of nitrogens with zero attached hydrogens (tertiary/aromatic N) is 1. The number of hydrogen-bond acceptors (Lipinski definition) is 3. The summed E-state index contributed by atoms with van der Waals surface area (Å²) in [5, 5.41) is 20.2. The Bertz CT molecular complexity index is 615. The van der Waals surface area contributed by atoms with Gasteiger partial charge in [0.25, 0.3) is 5.91 Å². The molecule has 1 rings (SSSR count). The molecule has 0 radical (unpaired) electrons. The van der Waals surface area contributed by atoms with Gasteiger partial charge in [-0.2, -0.15) is 5.26 Å². The Morgan fingerprint density at radius 2 is 1.95 bits per heavy atom. The predicted molar refractivity (Wildman–Crippen MR) is 70.8 cm³/mol. The van der Waals surface area contributed by atoms with Gasteiger partial charge in [-0.3, -0.25) is 4.79 Å². The Kier molecular flexibility index (Phi) is 4.67. The van der Waals surface area contributed by atoms with E-state index < -0.39 is 11.9 Å². The van der Waals surface area contributed by atoms with Crippen molar-refractivity contribution in [1.29, 1.82) is 5.26 Å². The van der Waals surface area contributed by atoms with Crippen LogP contribution in [0.1, 0.15) is 19.4 Å². The number of hydrogen-bond donors (Lipinski definition) is 2. The van der Waals surface area contributed by atoms with Gasteiger partial charge >= 0.3 is 5.97 Å². The molecule has 0 unspecified atom stereocenters. The summed E-state index contributed by atoms with van der Waals surface area (Å²) in [7, 11) is 0. The fourth-order valence-electron chi connectivity index (χ4n) is 1.24. The van der Waals surface area contributed by atoms with E-state index in [0.29, 0.717) is 11.3 Å². The lowest BCUT2D eigenvalue weighted by Gasteiger charge is -2.07. The summed E-state index contributed by atoms with van der Waals surface area (Å²) in [6.45, 7) is 2.77. The number of carboxylic acid groups (broad SMARTS) is 1. The second-order valence-electron chi connectivity index (χ2n) is 3.82. The maximum absolute atomic E-state index is 11.8. The van der Waals surface area contributed by atoms with Crippen molar-refractivity contribution in [2.75, 3.05) is 5.32 Å². The highest BCUT2D eigenvalue weighted by atomic mass is 35.5. The van der Waals surface area contributed by atoms with E-state index in [1.54, 1.807) is 0 Å². The highest BCUT2D eigenvalue weighted by molar-refractivity contribution is 6.32. The summed E-state index contributed by atoms with van der Waals surface area (Å²) in [5.74, 6) is -1.67. The first-order chi connectivity index (χ1) is 8.86. The lowest BCUT2D eigenvalue weighted by atomic mass is 10.1. The number of amides is 1. The van der Waals surface area contributed by atoms with Crippen LogP contribution in [0.4, 0.5) is 5.69 Å². The van der Waals surface area contributed by atoms with E-state index in [2.05, 4.69) is 5.32 Å². The third-order valence-electron chi connectivity index (χ3n) is 2.57. The molecule has 0 atom stereocenters. The molecular weight excluding hydrogens is 268 g/mol. The Balaban J connectivity index is 2.96. The van der Waals surface area contributed by atoms with Crippen LogP contribution in [-0.4, -0.2) is 17.0 Å². The molecule has 0 aliphatic carbocycles. The lowest BCUT2D eigenvalue weighted by Crippen LogP contribution is -2.16. The van der Waals surface area contributed by atoms with Crippen molar-refractivity contribution in [2.45, 2.75) is 13.8 Å². The van der Waals surface area contributed by atoms with Crippen LogP contribution in [0, 0.1) is 11.3 Å². The molecule has 0 fully saturated rings.